The molecule has 0 atom stereocenters. The smallest absolute Gasteiger partial charge is 0.209 e. The van der Waals surface area contributed by atoms with Crippen LogP contribution < -0.4 is 4.72 Å². The van der Waals surface area contributed by atoms with Crippen LogP contribution in [0.4, 0.5) is 0 Å². The lowest BCUT2D eigenvalue weighted by Crippen LogP contribution is -2.21. The molecule has 1 aromatic rings. The zero-order valence-electron chi connectivity index (χ0n) is 6.56. The van der Waals surface area contributed by atoms with Gasteiger partial charge in [0.15, 0.2) is 0 Å². The molecule has 0 saturated heterocycles. The van der Waals surface area contributed by atoms with E-state index >= 15 is 0 Å². The first-order valence-corrected chi connectivity index (χ1v) is 5.17. The van der Waals surface area contributed by atoms with E-state index in [2.05, 4.69) is 14.9 Å². The Bertz CT molecular complexity index is 335. The third kappa shape index (κ3) is 3.40. The quantitative estimate of drug-likeness (QED) is 0.694. The molecule has 1 heterocycles. The molecule has 1 rings (SSSR count). The summed E-state index contributed by atoms with van der Waals surface area (Å²) in [6, 6.07) is 1.70. The molecule has 0 aliphatic rings. The van der Waals surface area contributed by atoms with Gasteiger partial charge in [-0.3, -0.25) is 0 Å². The molecule has 5 nitrogen and oxygen atoms in total. The average molecular weight is 187 g/mol. The fraction of sp³-hybridized carbons (Fsp3) is 0.333. The van der Waals surface area contributed by atoms with Gasteiger partial charge in [0.1, 0.15) is 0 Å². The summed E-state index contributed by atoms with van der Waals surface area (Å²) in [6.07, 6.45) is 4.14. The van der Waals surface area contributed by atoms with Crippen molar-refractivity contribution in [3.63, 3.8) is 0 Å². The van der Waals surface area contributed by atoms with Crippen molar-refractivity contribution in [3.05, 3.63) is 24.0 Å². The summed E-state index contributed by atoms with van der Waals surface area (Å²) >= 11 is 0. The number of nitrogens with one attached hydrogen (secondary N) is 1. The summed E-state index contributed by atoms with van der Waals surface area (Å²) in [6.45, 7) is 0.258. The van der Waals surface area contributed by atoms with Crippen LogP contribution >= 0.6 is 0 Å². The fourth-order valence-electron chi connectivity index (χ4n) is 0.637. The van der Waals surface area contributed by atoms with Gasteiger partial charge < -0.3 is 0 Å². The van der Waals surface area contributed by atoms with Gasteiger partial charge in [-0.25, -0.2) is 13.1 Å². The molecule has 0 aliphatic carbocycles. The van der Waals surface area contributed by atoms with E-state index in [1.165, 1.54) is 12.4 Å². The Hall–Kier alpha value is -1.01. The van der Waals surface area contributed by atoms with Gasteiger partial charge >= 0.3 is 0 Å². The van der Waals surface area contributed by atoms with E-state index in [1.807, 2.05) is 0 Å². The van der Waals surface area contributed by atoms with Gasteiger partial charge in [0.25, 0.3) is 0 Å². The maximum Gasteiger partial charge on any atom is 0.209 e. The second-order valence-corrected chi connectivity index (χ2v) is 4.18. The molecule has 6 heteroatoms. The summed E-state index contributed by atoms with van der Waals surface area (Å²) in [5.41, 5.74) is 0.787. The molecule has 1 aromatic heterocycles. The minimum Gasteiger partial charge on any atom is -0.213 e. The Labute approximate surface area is 70.9 Å². The predicted molar refractivity (Wildman–Crippen MR) is 43.7 cm³/mol. The lowest BCUT2D eigenvalue weighted by molar-refractivity contribution is 0.587. The van der Waals surface area contributed by atoms with Gasteiger partial charge in [-0.2, -0.15) is 10.2 Å². The van der Waals surface area contributed by atoms with Crippen LogP contribution in [0.15, 0.2) is 18.5 Å². The van der Waals surface area contributed by atoms with Crippen molar-refractivity contribution in [2.45, 2.75) is 6.54 Å². The second-order valence-electron chi connectivity index (χ2n) is 2.34. The lowest BCUT2D eigenvalue weighted by Gasteiger charge is -1.99. The van der Waals surface area contributed by atoms with Crippen LogP contribution in [0.5, 0.6) is 0 Å². The Kier molecular flexibility index (Phi) is 2.72. The van der Waals surface area contributed by atoms with E-state index in [1.54, 1.807) is 6.07 Å². The van der Waals surface area contributed by atoms with Crippen LogP contribution in [0.1, 0.15) is 5.56 Å². The first-order chi connectivity index (χ1) is 5.58. The van der Waals surface area contributed by atoms with Gasteiger partial charge in [0, 0.05) is 12.7 Å². The number of hydrogen-bond donors (Lipinski definition) is 1. The SMILES string of the molecule is CS(=O)(=O)NCc1ccnnc1. The summed E-state index contributed by atoms with van der Waals surface area (Å²) < 4.78 is 23.7. The monoisotopic (exact) mass is 187 g/mol. The molecule has 0 radical (unpaired) electrons. The minimum absolute atomic E-state index is 0.258. The molecule has 1 N–H and O–H groups in total. The molecule has 12 heavy (non-hydrogen) atoms. The molecule has 0 spiro atoms. The molecule has 0 aliphatic heterocycles. The maximum absolute atomic E-state index is 10.7. The molecule has 0 aromatic carbocycles. The second kappa shape index (κ2) is 3.59. The van der Waals surface area contributed by atoms with Gasteiger partial charge in [0.05, 0.1) is 12.5 Å². The Morgan fingerprint density at radius 1 is 1.50 bits per heavy atom. The van der Waals surface area contributed by atoms with Gasteiger partial charge in [-0.05, 0) is 11.6 Å². The van der Waals surface area contributed by atoms with E-state index in [4.69, 9.17) is 0 Å². The third-order valence-corrected chi connectivity index (χ3v) is 1.85. The van der Waals surface area contributed by atoms with Crippen molar-refractivity contribution in [3.8, 4) is 0 Å². The normalized spacial score (nSPS) is 11.4. The zero-order valence-corrected chi connectivity index (χ0v) is 7.37. The fourth-order valence-corrected chi connectivity index (χ4v) is 1.07. The highest BCUT2D eigenvalue weighted by molar-refractivity contribution is 7.88. The van der Waals surface area contributed by atoms with Crippen molar-refractivity contribution in [1.29, 1.82) is 0 Å². The number of sulfonamides is 1. The minimum atomic E-state index is -3.12. The third-order valence-electron chi connectivity index (χ3n) is 1.18. The zero-order chi connectivity index (χ0) is 9.03. The van der Waals surface area contributed by atoms with Crippen LogP contribution in [-0.2, 0) is 16.6 Å². The highest BCUT2D eigenvalue weighted by Gasteiger charge is 1.99. The van der Waals surface area contributed by atoms with Crippen LogP contribution in [0.2, 0.25) is 0 Å². The van der Waals surface area contributed by atoms with Crippen LogP contribution in [0.25, 0.3) is 0 Å². The topological polar surface area (TPSA) is 72.0 Å². The standard InChI is InChI=1S/C6H9N3O2S/c1-12(10,11)9-5-6-2-3-7-8-4-6/h2-4,9H,5H2,1H3. The van der Waals surface area contributed by atoms with Crippen molar-refractivity contribution < 1.29 is 8.42 Å². The van der Waals surface area contributed by atoms with E-state index in [9.17, 15) is 8.42 Å². The van der Waals surface area contributed by atoms with Crippen molar-refractivity contribution in [1.82, 2.24) is 14.9 Å². The van der Waals surface area contributed by atoms with Crippen molar-refractivity contribution in [2.24, 2.45) is 0 Å². The Balaban J connectivity index is 2.56. The maximum atomic E-state index is 10.7. The molecule has 0 bridgehead atoms. The van der Waals surface area contributed by atoms with Gasteiger partial charge in [0.2, 0.25) is 10.0 Å². The van der Waals surface area contributed by atoms with Crippen LogP contribution in [0.3, 0.4) is 0 Å². The number of aromatic nitrogens is 2. The molecule has 66 valence electrons. The van der Waals surface area contributed by atoms with E-state index in [0.717, 1.165) is 11.8 Å². The summed E-state index contributed by atoms with van der Waals surface area (Å²) in [5, 5.41) is 7.16. The van der Waals surface area contributed by atoms with E-state index in [0.29, 0.717) is 0 Å². The largest absolute Gasteiger partial charge is 0.213 e. The number of nitrogens with zero attached hydrogens (tertiary/aromatic N) is 2. The predicted octanol–water partition coefficient (Wildman–Crippen LogP) is -0.474. The van der Waals surface area contributed by atoms with E-state index < -0.39 is 10.0 Å². The molecule has 0 fully saturated rings. The lowest BCUT2D eigenvalue weighted by atomic mass is 10.3. The first kappa shape index (κ1) is 9.08. The molecule has 0 unspecified atom stereocenters. The highest BCUT2D eigenvalue weighted by Crippen LogP contribution is 1.92. The number of hydrogen-bond acceptors (Lipinski definition) is 4. The highest BCUT2D eigenvalue weighted by atomic mass is 32.2. The average Bonchev–Trinajstić information content (AvgIpc) is 2.02. The Morgan fingerprint density at radius 3 is 2.75 bits per heavy atom. The van der Waals surface area contributed by atoms with E-state index in [-0.39, 0.29) is 6.54 Å². The van der Waals surface area contributed by atoms with Gasteiger partial charge in [-0.1, -0.05) is 0 Å². The summed E-state index contributed by atoms with van der Waals surface area (Å²) in [4.78, 5) is 0. The number of rotatable bonds is 3. The molecule has 0 amide bonds. The van der Waals surface area contributed by atoms with Crippen LogP contribution in [0, 0.1) is 0 Å². The van der Waals surface area contributed by atoms with Crippen molar-refractivity contribution >= 4 is 10.0 Å². The van der Waals surface area contributed by atoms with Crippen molar-refractivity contribution in [2.75, 3.05) is 6.26 Å². The van der Waals surface area contributed by atoms with Crippen LogP contribution in [-0.4, -0.2) is 24.9 Å². The Morgan fingerprint density at radius 2 is 2.25 bits per heavy atom. The first-order valence-electron chi connectivity index (χ1n) is 3.28. The summed E-state index contributed by atoms with van der Waals surface area (Å²) in [7, 11) is -3.12. The molecule has 0 saturated carbocycles. The summed E-state index contributed by atoms with van der Waals surface area (Å²) in [5.74, 6) is 0. The molecular formula is C6H9N3O2S. The molecular weight excluding hydrogens is 178 g/mol. The van der Waals surface area contributed by atoms with Gasteiger partial charge in [-0.15, -0.1) is 0 Å².